The summed E-state index contributed by atoms with van der Waals surface area (Å²) in [6.45, 7) is 2.06. The van der Waals surface area contributed by atoms with Gasteiger partial charge in [0.05, 0.1) is 12.1 Å². The maximum atomic E-state index is 12.5. The highest BCUT2D eigenvalue weighted by Gasteiger charge is 2.46. The second kappa shape index (κ2) is 5.23. The van der Waals surface area contributed by atoms with E-state index in [0.29, 0.717) is 12.1 Å². The van der Waals surface area contributed by atoms with Crippen molar-refractivity contribution in [2.45, 2.75) is 50.5 Å². The van der Waals surface area contributed by atoms with E-state index in [4.69, 9.17) is 4.74 Å². The molecule has 1 amide bonds. The van der Waals surface area contributed by atoms with E-state index in [0.717, 1.165) is 19.3 Å². The topological polar surface area (TPSA) is 41.6 Å². The number of methoxy groups -OCH3 is 1. The van der Waals surface area contributed by atoms with Crippen molar-refractivity contribution < 1.29 is 9.53 Å². The Morgan fingerprint density at radius 2 is 2.32 bits per heavy atom. The highest BCUT2D eigenvalue weighted by molar-refractivity contribution is 7.07. The Bertz CT molecular complexity index is 442. The first-order chi connectivity index (χ1) is 9.24. The molecule has 2 atom stereocenters. The zero-order valence-electron chi connectivity index (χ0n) is 11.3. The van der Waals surface area contributed by atoms with E-state index in [1.165, 1.54) is 5.56 Å². The molecular formula is C14H20N2O2S. The minimum atomic E-state index is -0.0357. The molecule has 2 unspecified atom stereocenters. The number of nitrogens with zero attached hydrogens (tertiary/aromatic N) is 1. The molecule has 1 saturated carbocycles. The van der Waals surface area contributed by atoms with E-state index in [9.17, 15) is 4.79 Å². The van der Waals surface area contributed by atoms with Crippen LogP contribution in [0.25, 0.3) is 0 Å². The Hall–Kier alpha value is -0.910. The summed E-state index contributed by atoms with van der Waals surface area (Å²) in [7, 11) is 1.75. The van der Waals surface area contributed by atoms with Gasteiger partial charge in [0.1, 0.15) is 6.17 Å². The number of nitrogens with one attached hydrogen (secondary N) is 1. The van der Waals surface area contributed by atoms with Crippen molar-refractivity contribution in [1.82, 2.24) is 10.2 Å². The Morgan fingerprint density at radius 3 is 2.89 bits per heavy atom. The first-order valence-electron chi connectivity index (χ1n) is 6.87. The predicted molar refractivity (Wildman–Crippen MR) is 74.9 cm³/mol. The second-order valence-corrected chi connectivity index (χ2v) is 6.10. The van der Waals surface area contributed by atoms with Gasteiger partial charge < -0.3 is 9.64 Å². The van der Waals surface area contributed by atoms with E-state index in [1.54, 1.807) is 18.4 Å². The Morgan fingerprint density at radius 1 is 1.53 bits per heavy atom. The minimum absolute atomic E-state index is 0.0357. The van der Waals surface area contributed by atoms with Gasteiger partial charge in [0.15, 0.2) is 0 Å². The first-order valence-corrected chi connectivity index (χ1v) is 7.82. The molecule has 104 valence electrons. The van der Waals surface area contributed by atoms with Gasteiger partial charge in [-0.05, 0) is 41.7 Å². The molecule has 2 fully saturated rings. The molecule has 2 aliphatic rings. The Labute approximate surface area is 117 Å². The number of hydrogen-bond acceptors (Lipinski definition) is 4. The van der Waals surface area contributed by atoms with Crippen LogP contribution in [0.1, 0.15) is 37.9 Å². The van der Waals surface area contributed by atoms with Crippen molar-refractivity contribution >= 4 is 17.2 Å². The summed E-state index contributed by atoms with van der Waals surface area (Å²) in [5.41, 5.74) is 1.20. The molecule has 2 heterocycles. The summed E-state index contributed by atoms with van der Waals surface area (Å²) < 4.78 is 5.33. The summed E-state index contributed by atoms with van der Waals surface area (Å²) in [5, 5.41) is 7.66. The predicted octanol–water partition coefficient (Wildman–Crippen LogP) is 2.13. The van der Waals surface area contributed by atoms with E-state index in [2.05, 4.69) is 29.1 Å². The fourth-order valence-electron chi connectivity index (χ4n) is 2.98. The lowest BCUT2D eigenvalue weighted by molar-refractivity contribution is -0.137. The van der Waals surface area contributed by atoms with E-state index >= 15 is 0 Å². The van der Waals surface area contributed by atoms with Crippen molar-refractivity contribution in [2.75, 3.05) is 7.11 Å². The number of thiophene rings is 1. The quantitative estimate of drug-likeness (QED) is 0.918. The number of carbonyl (C=O) groups excluding carboxylic acids is 1. The second-order valence-electron chi connectivity index (χ2n) is 5.32. The van der Waals surface area contributed by atoms with Crippen molar-refractivity contribution in [3.05, 3.63) is 22.4 Å². The molecule has 1 saturated heterocycles. The molecule has 5 heteroatoms. The molecule has 0 aromatic carbocycles. The molecule has 1 aliphatic carbocycles. The van der Waals surface area contributed by atoms with E-state index in [-0.39, 0.29) is 18.1 Å². The minimum Gasteiger partial charge on any atom is -0.381 e. The fraction of sp³-hybridized carbons (Fsp3) is 0.643. The van der Waals surface area contributed by atoms with Crippen LogP contribution in [0.3, 0.4) is 0 Å². The SMILES string of the molecule is CCC1NC(c2ccsc2)N(C2CC(OC)C2)C1=O. The van der Waals surface area contributed by atoms with Crippen molar-refractivity contribution in [3.8, 4) is 0 Å². The smallest absolute Gasteiger partial charge is 0.241 e. The first kappa shape index (κ1) is 13.1. The molecule has 1 aromatic heterocycles. The largest absolute Gasteiger partial charge is 0.381 e. The van der Waals surface area contributed by atoms with Crippen LogP contribution >= 0.6 is 11.3 Å². The van der Waals surface area contributed by atoms with Gasteiger partial charge in [0, 0.05) is 13.2 Å². The molecule has 0 spiro atoms. The lowest BCUT2D eigenvalue weighted by Crippen LogP contribution is -2.50. The van der Waals surface area contributed by atoms with Gasteiger partial charge in [0.25, 0.3) is 0 Å². The van der Waals surface area contributed by atoms with Gasteiger partial charge in [-0.1, -0.05) is 6.92 Å². The average molecular weight is 280 g/mol. The zero-order chi connectivity index (χ0) is 13.4. The third-order valence-corrected chi connectivity index (χ3v) is 4.96. The van der Waals surface area contributed by atoms with Crippen LogP contribution in [0.4, 0.5) is 0 Å². The van der Waals surface area contributed by atoms with E-state index < -0.39 is 0 Å². The van der Waals surface area contributed by atoms with Crippen molar-refractivity contribution in [1.29, 1.82) is 0 Å². The summed E-state index contributed by atoms with van der Waals surface area (Å²) >= 11 is 1.68. The average Bonchev–Trinajstić information content (AvgIpc) is 2.97. The summed E-state index contributed by atoms with van der Waals surface area (Å²) in [6.07, 6.45) is 3.13. The van der Waals surface area contributed by atoms with Crippen LogP contribution in [0.2, 0.25) is 0 Å². The molecule has 1 aromatic rings. The third-order valence-electron chi connectivity index (χ3n) is 4.25. The van der Waals surface area contributed by atoms with Gasteiger partial charge in [-0.15, -0.1) is 0 Å². The number of rotatable bonds is 4. The highest BCUT2D eigenvalue weighted by Crippen LogP contribution is 2.37. The van der Waals surface area contributed by atoms with Gasteiger partial charge >= 0.3 is 0 Å². The molecule has 3 rings (SSSR count). The van der Waals surface area contributed by atoms with Gasteiger partial charge in [0.2, 0.25) is 5.91 Å². The van der Waals surface area contributed by atoms with Crippen LogP contribution in [0, 0.1) is 0 Å². The van der Waals surface area contributed by atoms with E-state index in [1.807, 2.05) is 4.90 Å². The maximum absolute atomic E-state index is 12.5. The van der Waals surface area contributed by atoms with Gasteiger partial charge in [-0.3, -0.25) is 10.1 Å². The fourth-order valence-corrected chi connectivity index (χ4v) is 3.66. The van der Waals surface area contributed by atoms with Gasteiger partial charge in [-0.2, -0.15) is 11.3 Å². The zero-order valence-corrected chi connectivity index (χ0v) is 12.2. The number of hydrogen-bond donors (Lipinski definition) is 1. The standard InChI is InChI=1S/C14H20N2O2S/c1-3-12-14(17)16(10-6-11(7-10)18-2)13(15-12)9-4-5-19-8-9/h4-5,8,10-13,15H,3,6-7H2,1-2H3. The van der Waals surface area contributed by atoms with Crippen LogP contribution in [0.5, 0.6) is 0 Å². The molecule has 19 heavy (non-hydrogen) atoms. The molecule has 0 radical (unpaired) electrons. The molecular weight excluding hydrogens is 260 g/mol. The number of amides is 1. The summed E-state index contributed by atoms with van der Waals surface area (Å²) in [4.78, 5) is 14.5. The maximum Gasteiger partial charge on any atom is 0.241 e. The van der Waals surface area contributed by atoms with Crippen LogP contribution in [-0.2, 0) is 9.53 Å². The number of carbonyl (C=O) groups is 1. The summed E-state index contributed by atoms with van der Waals surface area (Å²) in [5.74, 6) is 0.248. The molecule has 4 nitrogen and oxygen atoms in total. The Balaban J connectivity index is 1.79. The van der Waals surface area contributed by atoms with Crippen molar-refractivity contribution in [3.63, 3.8) is 0 Å². The lowest BCUT2D eigenvalue weighted by atomic mass is 9.87. The molecule has 1 N–H and O–H groups in total. The Kier molecular flexibility index (Phi) is 3.60. The summed E-state index contributed by atoms with van der Waals surface area (Å²) in [6, 6.07) is 2.39. The van der Waals surface area contributed by atoms with Gasteiger partial charge in [-0.25, -0.2) is 0 Å². The lowest BCUT2D eigenvalue weighted by Gasteiger charge is -2.42. The highest BCUT2D eigenvalue weighted by atomic mass is 32.1. The molecule has 0 bridgehead atoms. The van der Waals surface area contributed by atoms with Crippen LogP contribution in [-0.4, -0.2) is 36.1 Å². The monoisotopic (exact) mass is 280 g/mol. The van der Waals surface area contributed by atoms with Crippen molar-refractivity contribution in [2.24, 2.45) is 0 Å². The van der Waals surface area contributed by atoms with Crippen LogP contribution in [0.15, 0.2) is 16.8 Å². The third kappa shape index (κ3) is 2.20. The number of ether oxygens (including phenoxy) is 1. The molecule has 1 aliphatic heterocycles. The van der Waals surface area contributed by atoms with Crippen LogP contribution < -0.4 is 5.32 Å². The normalized spacial score (nSPS) is 34.6.